The maximum atomic E-state index is 13.1. The number of benzene rings is 1. The lowest BCUT2D eigenvalue weighted by Crippen LogP contribution is -2.51. The number of carbonyl (C=O) groups excluding carboxylic acids is 2. The molecule has 2 aliphatic heterocycles. The molecule has 32 heavy (non-hydrogen) atoms. The highest BCUT2D eigenvalue weighted by Gasteiger charge is 2.51. The van der Waals surface area contributed by atoms with Crippen LogP contribution in [0, 0.1) is 0 Å². The van der Waals surface area contributed by atoms with Crippen molar-refractivity contribution in [2.24, 2.45) is 0 Å². The topological polar surface area (TPSA) is 80.3 Å². The molecule has 1 aromatic carbocycles. The molecule has 0 aliphatic carbocycles. The maximum absolute atomic E-state index is 13.1. The van der Waals surface area contributed by atoms with Crippen molar-refractivity contribution in [1.82, 2.24) is 10.2 Å². The number of nitrogens with zero attached hydrogens (tertiary/aromatic N) is 2. The number of carbonyl (C=O) groups is 2. The van der Waals surface area contributed by atoms with Crippen LogP contribution < -0.4 is 15.7 Å². The molecular weight excluding hydrogens is 409 g/mol. The fourth-order valence-corrected chi connectivity index (χ4v) is 3.65. The molecule has 1 N–H and O–H groups in total. The zero-order chi connectivity index (χ0) is 23.7. The van der Waals surface area contributed by atoms with E-state index in [0.29, 0.717) is 26.2 Å². The fraction of sp³-hybridized carbons (Fsp3) is 0.652. The highest BCUT2D eigenvalue weighted by Crippen LogP contribution is 2.36. The Labute approximate surface area is 191 Å². The third-order valence-electron chi connectivity index (χ3n) is 6.07. The van der Waals surface area contributed by atoms with Crippen molar-refractivity contribution in [3.05, 3.63) is 24.3 Å². The molecule has 0 atom stereocenters. The van der Waals surface area contributed by atoms with Crippen molar-refractivity contribution < 1.29 is 23.6 Å². The Balaban J connectivity index is 1.63. The van der Waals surface area contributed by atoms with Gasteiger partial charge in [0.05, 0.1) is 11.2 Å². The number of hydrogen-bond acceptors (Lipinski definition) is 5. The molecule has 3 amide bonds. The van der Waals surface area contributed by atoms with Crippen molar-refractivity contribution in [2.75, 3.05) is 31.1 Å². The molecule has 0 aromatic heterocycles. The van der Waals surface area contributed by atoms with Crippen LogP contribution >= 0.6 is 0 Å². The lowest BCUT2D eigenvalue weighted by atomic mass is 9.79. The van der Waals surface area contributed by atoms with E-state index < -0.39 is 30.0 Å². The minimum absolute atomic E-state index is 0.0756. The van der Waals surface area contributed by atoms with Gasteiger partial charge >= 0.3 is 19.2 Å². The molecule has 8 nitrogen and oxygen atoms in total. The first kappa shape index (κ1) is 24.4. The van der Waals surface area contributed by atoms with Crippen molar-refractivity contribution >= 4 is 30.4 Å². The molecule has 0 spiro atoms. The van der Waals surface area contributed by atoms with Crippen molar-refractivity contribution in [3.8, 4) is 0 Å². The number of alkyl carbamates (subject to hydrolysis) is 1. The van der Waals surface area contributed by atoms with E-state index in [0.717, 1.165) is 17.6 Å². The first-order chi connectivity index (χ1) is 14.8. The van der Waals surface area contributed by atoms with Crippen LogP contribution in [0.5, 0.6) is 0 Å². The van der Waals surface area contributed by atoms with Crippen molar-refractivity contribution in [3.63, 3.8) is 0 Å². The largest absolute Gasteiger partial charge is 0.494 e. The van der Waals surface area contributed by atoms with Gasteiger partial charge in [0.1, 0.15) is 5.60 Å². The highest BCUT2D eigenvalue weighted by atomic mass is 16.7. The van der Waals surface area contributed by atoms with Gasteiger partial charge in [0.15, 0.2) is 0 Å². The van der Waals surface area contributed by atoms with Gasteiger partial charge in [-0.2, -0.15) is 0 Å². The molecule has 0 radical (unpaired) electrons. The van der Waals surface area contributed by atoms with Crippen LogP contribution in [0.1, 0.15) is 54.9 Å². The van der Waals surface area contributed by atoms with Gasteiger partial charge in [0.25, 0.3) is 0 Å². The summed E-state index contributed by atoms with van der Waals surface area (Å²) in [5.74, 6) is 0. The number of ether oxygens (including phenoxy) is 1. The van der Waals surface area contributed by atoms with Gasteiger partial charge in [0.2, 0.25) is 0 Å². The summed E-state index contributed by atoms with van der Waals surface area (Å²) in [4.78, 5) is 28.5. The summed E-state index contributed by atoms with van der Waals surface area (Å²) in [5, 5.41) is 2.72. The molecule has 0 unspecified atom stereocenters. The zero-order valence-electron chi connectivity index (χ0n) is 20.4. The quantitative estimate of drug-likeness (QED) is 0.705. The van der Waals surface area contributed by atoms with Gasteiger partial charge in [-0.25, -0.2) is 9.59 Å². The molecule has 2 aliphatic rings. The average molecular weight is 445 g/mol. The van der Waals surface area contributed by atoms with E-state index in [1.54, 1.807) is 9.80 Å². The smallest absolute Gasteiger partial charge is 0.444 e. The average Bonchev–Trinajstić information content (AvgIpc) is 2.89. The molecule has 0 saturated carbocycles. The Kier molecular flexibility index (Phi) is 6.82. The molecule has 2 saturated heterocycles. The van der Waals surface area contributed by atoms with Gasteiger partial charge in [0, 0.05) is 31.9 Å². The highest BCUT2D eigenvalue weighted by molar-refractivity contribution is 6.62. The van der Waals surface area contributed by atoms with Crippen LogP contribution in [-0.4, -0.2) is 67.1 Å². The van der Waals surface area contributed by atoms with Crippen molar-refractivity contribution in [2.45, 2.75) is 71.7 Å². The lowest BCUT2D eigenvalue weighted by Gasteiger charge is -2.36. The molecule has 1 aromatic rings. The second kappa shape index (κ2) is 8.94. The molecule has 3 rings (SSSR count). The van der Waals surface area contributed by atoms with Crippen LogP contribution in [0.4, 0.5) is 15.3 Å². The summed E-state index contributed by atoms with van der Waals surface area (Å²) in [6, 6.07) is 7.69. The molecule has 176 valence electrons. The van der Waals surface area contributed by atoms with Gasteiger partial charge < -0.3 is 24.3 Å². The number of anilines is 1. The molecular formula is C23H36BN3O5. The van der Waals surface area contributed by atoms with Crippen LogP contribution in [0.2, 0.25) is 0 Å². The SMILES string of the molecule is CC(C)(C)OC(=O)NCCN1CCCN(c2cccc(B3OC(C)(C)C(C)(C)O3)c2)C1=O. The fourth-order valence-electron chi connectivity index (χ4n) is 3.65. The number of urea groups is 1. The van der Waals surface area contributed by atoms with Crippen LogP contribution in [0.3, 0.4) is 0 Å². The van der Waals surface area contributed by atoms with Gasteiger partial charge in [-0.05, 0) is 72.5 Å². The first-order valence-corrected chi connectivity index (χ1v) is 11.3. The Morgan fingerprint density at radius 2 is 1.81 bits per heavy atom. The maximum Gasteiger partial charge on any atom is 0.494 e. The van der Waals surface area contributed by atoms with E-state index in [1.807, 2.05) is 72.7 Å². The van der Waals surface area contributed by atoms with E-state index in [-0.39, 0.29) is 6.03 Å². The van der Waals surface area contributed by atoms with Crippen LogP contribution in [-0.2, 0) is 14.0 Å². The van der Waals surface area contributed by atoms with Gasteiger partial charge in [-0.1, -0.05) is 12.1 Å². The number of nitrogens with one attached hydrogen (secondary N) is 1. The summed E-state index contributed by atoms with van der Waals surface area (Å²) < 4.78 is 17.6. The Morgan fingerprint density at radius 3 is 2.44 bits per heavy atom. The van der Waals surface area contributed by atoms with E-state index in [9.17, 15) is 9.59 Å². The number of rotatable bonds is 5. The second-order valence-electron chi connectivity index (χ2n) is 10.4. The Bertz CT molecular complexity index is 836. The van der Waals surface area contributed by atoms with E-state index in [2.05, 4.69) is 5.32 Å². The van der Waals surface area contributed by atoms with E-state index >= 15 is 0 Å². The second-order valence-corrected chi connectivity index (χ2v) is 10.4. The first-order valence-electron chi connectivity index (χ1n) is 11.3. The summed E-state index contributed by atoms with van der Waals surface area (Å²) in [6.07, 6.45) is 0.368. The molecule has 9 heteroatoms. The third-order valence-corrected chi connectivity index (χ3v) is 6.07. The number of amides is 3. The number of hydrogen-bond donors (Lipinski definition) is 1. The predicted octanol–water partition coefficient (Wildman–Crippen LogP) is 3.14. The summed E-state index contributed by atoms with van der Waals surface area (Å²) in [5.41, 5.74) is 0.299. The standard InChI is InChI=1S/C23H36BN3O5/c1-21(2,3)30-19(28)25-12-15-26-13-9-14-27(20(26)29)18-11-8-10-17(16-18)24-31-22(4,5)23(6,7)32-24/h8,10-11,16H,9,12-15H2,1-7H3,(H,25,28). The summed E-state index contributed by atoms with van der Waals surface area (Å²) in [7, 11) is -0.478. The monoisotopic (exact) mass is 445 g/mol. The Hall–Kier alpha value is -2.26. The van der Waals surface area contributed by atoms with Gasteiger partial charge in [-0.3, -0.25) is 4.90 Å². The van der Waals surface area contributed by atoms with Crippen molar-refractivity contribution in [1.29, 1.82) is 0 Å². The molecule has 2 heterocycles. The summed E-state index contributed by atoms with van der Waals surface area (Å²) >= 11 is 0. The minimum Gasteiger partial charge on any atom is -0.444 e. The Morgan fingerprint density at radius 1 is 1.16 bits per heavy atom. The van der Waals surface area contributed by atoms with E-state index in [1.165, 1.54) is 0 Å². The molecule has 2 fully saturated rings. The lowest BCUT2D eigenvalue weighted by molar-refractivity contribution is 0.00578. The summed E-state index contributed by atoms with van der Waals surface area (Å²) in [6.45, 7) is 15.6. The predicted molar refractivity (Wildman–Crippen MR) is 125 cm³/mol. The minimum atomic E-state index is -0.552. The molecule has 0 bridgehead atoms. The van der Waals surface area contributed by atoms with Gasteiger partial charge in [-0.15, -0.1) is 0 Å². The third kappa shape index (κ3) is 5.56. The normalized spacial score (nSPS) is 20.5. The zero-order valence-corrected chi connectivity index (χ0v) is 20.4. The van der Waals surface area contributed by atoms with E-state index in [4.69, 9.17) is 14.0 Å². The van der Waals surface area contributed by atoms with Crippen LogP contribution in [0.15, 0.2) is 24.3 Å². The van der Waals surface area contributed by atoms with Crippen LogP contribution in [0.25, 0.3) is 0 Å².